The summed E-state index contributed by atoms with van der Waals surface area (Å²) in [6.07, 6.45) is -1.49. The first-order valence-corrected chi connectivity index (χ1v) is 4.96. The summed E-state index contributed by atoms with van der Waals surface area (Å²) < 4.78 is 18.4. The van der Waals surface area contributed by atoms with Crippen molar-refractivity contribution in [2.24, 2.45) is 5.92 Å². The SMILES string of the molecule is CC(C)(C)OC(=O)[C@H]1CCNC(=O)[C@@H]1F. The topological polar surface area (TPSA) is 55.4 Å². The third-order valence-corrected chi connectivity index (χ3v) is 2.07. The normalized spacial score (nSPS) is 27.1. The van der Waals surface area contributed by atoms with Crippen molar-refractivity contribution in [3.8, 4) is 0 Å². The van der Waals surface area contributed by atoms with Gasteiger partial charge in [0.25, 0.3) is 5.91 Å². The Hall–Kier alpha value is -1.13. The second kappa shape index (κ2) is 4.16. The number of amides is 1. The summed E-state index contributed by atoms with van der Waals surface area (Å²) in [7, 11) is 0. The number of halogens is 1. The Morgan fingerprint density at radius 1 is 1.53 bits per heavy atom. The minimum atomic E-state index is -1.78. The van der Waals surface area contributed by atoms with Crippen LogP contribution in [0, 0.1) is 5.92 Å². The van der Waals surface area contributed by atoms with Gasteiger partial charge in [-0.25, -0.2) is 4.39 Å². The summed E-state index contributed by atoms with van der Waals surface area (Å²) in [6.45, 7) is 5.45. The molecule has 1 amide bonds. The van der Waals surface area contributed by atoms with E-state index < -0.39 is 29.6 Å². The number of hydrogen-bond donors (Lipinski definition) is 1. The van der Waals surface area contributed by atoms with E-state index in [9.17, 15) is 14.0 Å². The summed E-state index contributed by atoms with van der Waals surface area (Å²) in [5.41, 5.74) is -0.648. The molecule has 1 aliphatic heterocycles. The number of hydrogen-bond acceptors (Lipinski definition) is 3. The molecule has 0 saturated carbocycles. The number of rotatable bonds is 1. The fourth-order valence-corrected chi connectivity index (χ4v) is 1.39. The molecule has 0 aromatic heterocycles. The Morgan fingerprint density at radius 3 is 2.67 bits per heavy atom. The van der Waals surface area contributed by atoms with Crippen LogP contribution >= 0.6 is 0 Å². The monoisotopic (exact) mass is 217 g/mol. The number of piperidine rings is 1. The van der Waals surface area contributed by atoms with Crippen molar-refractivity contribution in [1.82, 2.24) is 5.32 Å². The fourth-order valence-electron chi connectivity index (χ4n) is 1.39. The smallest absolute Gasteiger partial charge is 0.313 e. The van der Waals surface area contributed by atoms with E-state index in [1.807, 2.05) is 0 Å². The number of esters is 1. The maximum absolute atomic E-state index is 13.4. The summed E-state index contributed by atoms with van der Waals surface area (Å²) >= 11 is 0. The minimum absolute atomic E-state index is 0.293. The van der Waals surface area contributed by atoms with Crippen LogP contribution in [0.15, 0.2) is 0 Å². The van der Waals surface area contributed by atoms with Gasteiger partial charge in [-0.15, -0.1) is 0 Å². The number of carbonyl (C=O) groups excluding carboxylic acids is 2. The molecule has 0 aromatic rings. The second-order valence-corrected chi connectivity index (χ2v) is 4.62. The van der Waals surface area contributed by atoms with Gasteiger partial charge in [-0.05, 0) is 27.2 Å². The molecule has 2 atom stereocenters. The molecule has 1 heterocycles. The van der Waals surface area contributed by atoms with Crippen LogP contribution in [0.2, 0.25) is 0 Å². The fraction of sp³-hybridized carbons (Fsp3) is 0.800. The van der Waals surface area contributed by atoms with Crippen LogP contribution in [-0.2, 0) is 14.3 Å². The van der Waals surface area contributed by atoms with E-state index in [1.54, 1.807) is 20.8 Å². The van der Waals surface area contributed by atoms with Crippen molar-refractivity contribution < 1.29 is 18.7 Å². The molecular formula is C10H16FNO3. The molecule has 0 spiro atoms. The first kappa shape index (κ1) is 11.9. The largest absolute Gasteiger partial charge is 0.460 e. The highest BCUT2D eigenvalue weighted by Crippen LogP contribution is 2.21. The lowest BCUT2D eigenvalue weighted by atomic mass is 9.95. The molecular weight excluding hydrogens is 201 g/mol. The predicted molar refractivity (Wildman–Crippen MR) is 51.9 cm³/mol. The Morgan fingerprint density at radius 2 is 2.13 bits per heavy atom. The molecule has 0 aromatic carbocycles. The van der Waals surface area contributed by atoms with Crippen molar-refractivity contribution in [3.05, 3.63) is 0 Å². The molecule has 86 valence electrons. The van der Waals surface area contributed by atoms with Gasteiger partial charge < -0.3 is 10.1 Å². The number of carbonyl (C=O) groups is 2. The van der Waals surface area contributed by atoms with Crippen molar-refractivity contribution >= 4 is 11.9 Å². The number of nitrogens with one attached hydrogen (secondary N) is 1. The molecule has 1 fully saturated rings. The Balaban J connectivity index is 2.63. The molecule has 0 bridgehead atoms. The Kier molecular flexibility index (Phi) is 3.31. The molecule has 15 heavy (non-hydrogen) atoms. The van der Waals surface area contributed by atoms with Crippen molar-refractivity contribution in [3.63, 3.8) is 0 Å². The molecule has 4 nitrogen and oxygen atoms in total. The molecule has 0 radical (unpaired) electrons. The van der Waals surface area contributed by atoms with Crippen LogP contribution < -0.4 is 5.32 Å². The lowest BCUT2D eigenvalue weighted by Gasteiger charge is -2.28. The van der Waals surface area contributed by atoms with E-state index in [1.165, 1.54) is 0 Å². The van der Waals surface area contributed by atoms with Crippen molar-refractivity contribution in [2.75, 3.05) is 6.54 Å². The first-order valence-electron chi connectivity index (χ1n) is 4.96. The lowest BCUT2D eigenvalue weighted by Crippen LogP contribution is -2.47. The molecule has 1 rings (SSSR count). The van der Waals surface area contributed by atoms with E-state index in [2.05, 4.69) is 5.32 Å². The third-order valence-electron chi connectivity index (χ3n) is 2.07. The summed E-state index contributed by atoms with van der Waals surface area (Å²) in [5.74, 6) is -2.32. The van der Waals surface area contributed by atoms with Crippen LogP contribution in [0.3, 0.4) is 0 Å². The van der Waals surface area contributed by atoms with Gasteiger partial charge in [-0.2, -0.15) is 0 Å². The molecule has 0 unspecified atom stereocenters. The van der Waals surface area contributed by atoms with Crippen LogP contribution in [-0.4, -0.2) is 30.2 Å². The van der Waals surface area contributed by atoms with Gasteiger partial charge in [-0.1, -0.05) is 0 Å². The molecule has 1 saturated heterocycles. The zero-order chi connectivity index (χ0) is 11.6. The van der Waals surface area contributed by atoms with E-state index in [4.69, 9.17) is 4.74 Å². The molecule has 0 aliphatic carbocycles. The Bertz CT molecular complexity index is 272. The van der Waals surface area contributed by atoms with Gasteiger partial charge in [0.05, 0.1) is 5.92 Å². The Labute approximate surface area is 88.2 Å². The summed E-state index contributed by atoms with van der Waals surface area (Å²) in [4.78, 5) is 22.5. The summed E-state index contributed by atoms with van der Waals surface area (Å²) in [6, 6.07) is 0. The average Bonchev–Trinajstić information content (AvgIpc) is 2.06. The van der Waals surface area contributed by atoms with Gasteiger partial charge in [0.1, 0.15) is 5.60 Å². The van der Waals surface area contributed by atoms with Crippen LogP contribution in [0.4, 0.5) is 4.39 Å². The molecule has 1 N–H and O–H groups in total. The van der Waals surface area contributed by atoms with Crippen molar-refractivity contribution in [2.45, 2.75) is 39.0 Å². The van der Waals surface area contributed by atoms with Crippen LogP contribution in [0.5, 0.6) is 0 Å². The highest BCUT2D eigenvalue weighted by Gasteiger charge is 2.39. The van der Waals surface area contributed by atoms with Gasteiger partial charge in [-0.3, -0.25) is 9.59 Å². The molecule has 1 aliphatic rings. The van der Waals surface area contributed by atoms with Crippen LogP contribution in [0.25, 0.3) is 0 Å². The lowest BCUT2D eigenvalue weighted by molar-refractivity contribution is -0.165. The van der Waals surface area contributed by atoms with E-state index in [-0.39, 0.29) is 0 Å². The van der Waals surface area contributed by atoms with Gasteiger partial charge in [0.15, 0.2) is 6.17 Å². The highest BCUT2D eigenvalue weighted by molar-refractivity contribution is 5.88. The highest BCUT2D eigenvalue weighted by atomic mass is 19.1. The van der Waals surface area contributed by atoms with Crippen LogP contribution in [0.1, 0.15) is 27.2 Å². The predicted octanol–water partition coefficient (Wildman–Crippen LogP) is 0.802. The average molecular weight is 217 g/mol. The zero-order valence-corrected chi connectivity index (χ0v) is 9.17. The van der Waals surface area contributed by atoms with E-state index in [0.29, 0.717) is 13.0 Å². The first-order chi connectivity index (χ1) is 6.81. The quantitative estimate of drug-likeness (QED) is 0.661. The minimum Gasteiger partial charge on any atom is -0.460 e. The van der Waals surface area contributed by atoms with Gasteiger partial charge in [0, 0.05) is 6.54 Å². The maximum atomic E-state index is 13.4. The number of ether oxygens (including phenoxy) is 1. The van der Waals surface area contributed by atoms with Crippen molar-refractivity contribution in [1.29, 1.82) is 0 Å². The molecule has 5 heteroatoms. The third kappa shape index (κ3) is 3.18. The summed E-state index contributed by atoms with van der Waals surface area (Å²) in [5, 5.41) is 2.36. The zero-order valence-electron chi connectivity index (χ0n) is 9.17. The van der Waals surface area contributed by atoms with Gasteiger partial charge >= 0.3 is 5.97 Å². The number of alkyl halides is 1. The second-order valence-electron chi connectivity index (χ2n) is 4.62. The standard InChI is InChI=1S/C10H16FNO3/c1-10(2,3)15-9(14)6-4-5-12-8(13)7(6)11/h6-7H,4-5H2,1-3H3,(H,12,13)/t6-,7+/m0/s1. The maximum Gasteiger partial charge on any atom is 0.313 e. The van der Waals surface area contributed by atoms with Gasteiger partial charge in [0.2, 0.25) is 0 Å². The van der Waals surface area contributed by atoms with E-state index >= 15 is 0 Å². The van der Waals surface area contributed by atoms with E-state index in [0.717, 1.165) is 0 Å².